The Hall–Kier alpha value is -2.95. The number of esters is 1. The number of hydrogen-bond acceptors (Lipinski definition) is 4. The van der Waals surface area contributed by atoms with Crippen LogP contribution in [0, 0.1) is 5.92 Å². The first-order chi connectivity index (χ1) is 15.2. The normalized spacial score (nSPS) is 12.8. The van der Waals surface area contributed by atoms with Gasteiger partial charge in [-0.15, -0.1) is 0 Å². The molecule has 0 bridgehead atoms. The van der Waals surface area contributed by atoms with Gasteiger partial charge in [0.25, 0.3) is 0 Å². The summed E-state index contributed by atoms with van der Waals surface area (Å²) < 4.78 is 5.29. The smallest absolute Gasteiger partial charge is 0.314 e. The molecule has 4 nitrogen and oxygen atoms in total. The lowest BCUT2D eigenvalue weighted by Gasteiger charge is -2.20. The first kappa shape index (κ1) is 22.7. The standard InChI is InChI=1S/C27H30O4/c28-19-25(27(30)31-20-24-10-5-2-6-11-24)26(29)17-16-23-13-7-12-22(18-23)15-14-21-8-3-1-4-9-21/h1-13,18,25-26,28-29H,14-17,19-20H2/t25-,26-/m1/s1. The Balaban J connectivity index is 1.49. The Morgan fingerprint density at radius 1 is 0.742 bits per heavy atom. The summed E-state index contributed by atoms with van der Waals surface area (Å²) in [4.78, 5) is 12.3. The minimum Gasteiger partial charge on any atom is -0.460 e. The number of benzene rings is 3. The largest absolute Gasteiger partial charge is 0.460 e. The maximum atomic E-state index is 12.3. The molecule has 0 amide bonds. The molecule has 3 rings (SSSR count). The predicted octanol–water partition coefficient (Wildman–Crippen LogP) is 4.12. The van der Waals surface area contributed by atoms with E-state index in [9.17, 15) is 15.0 Å². The van der Waals surface area contributed by atoms with Crippen LogP contribution >= 0.6 is 0 Å². The second kappa shape index (κ2) is 12.0. The van der Waals surface area contributed by atoms with Gasteiger partial charge in [-0.05, 0) is 47.9 Å². The molecule has 2 atom stereocenters. The zero-order chi connectivity index (χ0) is 21.9. The van der Waals surface area contributed by atoms with Crippen LogP contribution in [0.3, 0.4) is 0 Å². The molecule has 0 saturated carbocycles. The highest BCUT2D eigenvalue weighted by atomic mass is 16.5. The van der Waals surface area contributed by atoms with Crippen LogP contribution in [0.2, 0.25) is 0 Å². The highest BCUT2D eigenvalue weighted by Gasteiger charge is 2.27. The minimum absolute atomic E-state index is 0.131. The molecule has 0 aliphatic heterocycles. The molecule has 31 heavy (non-hydrogen) atoms. The van der Waals surface area contributed by atoms with Crippen molar-refractivity contribution < 1.29 is 19.7 Å². The maximum absolute atomic E-state index is 12.3. The van der Waals surface area contributed by atoms with E-state index in [-0.39, 0.29) is 6.61 Å². The van der Waals surface area contributed by atoms with Gasteiger partial charge in [-0.1, -0.05) is 84.9 Å². The van der Waals surface area contributed by atoms with Gasteiger partial charge in [-0.25, -0.2) is 0 Å². The summed E-state index contributed by atoms with van der Waals surface area (Å²) in [5, 5.41) is 20.1. The van der Waals surface area contributed by atoms with Crippen LogP contribution in [0.4, 0.5) is 0 Å². The highest BCUT2D eigenvalue weighted by Crippen LogP contribution is 2.16. The number of hydrogen-bond donors (Lipinski definition) is 2. The molecule has 0 aliphatic rings. The van der Waals surface area contributed by atoms with E-state index < -0.39 is 24.6 Å². The van der Waals surface area contributed by atoms with Crippen molar-refractivity contribution in [1.82, 2.24) is 0 Å². The second-order valence-corrected chi connectivity index (χ2v) is 7.79. The monoisotopic (exact) mass is 418 g/mol. The molecule has 0 saturated heterocycles. The highest BCUT2D eigenvalue weighted by molar-refractivity contribution is 5.73. The van der Waals surface area contributed by atoms with Crippen LogP contribution in [0.25, 0.3) is 0 Å². The van der Waals surface area contributed by atoms with Crippen molar-refractivity contribution in [3.05, 3.63) is 107 Å². The topological polar surface area (TPSA) is 66.8 Å². The van der Waals surface area contributed by atoms with Crippen LogP contribution < -0.4 is 0 Å². The zero-order valence-corrected chi connectivity index (χ0v) is 17.7. The van der Waals surface area contributed by atoms with Gasteiger partial charge in [0.1, 0.15) is 12.5 Å². The maximum Gasteiger partial charge on any atom is 0.314 e. The van der Waals surface area contributed by atoms with Gasteiger partial charge >= 0.3 is 5.97 Å². The molecule has 3 aromatic rings. The summed E-state index contributed by atoms with van der Waals surface area (Å²) in [7, 11) is 0. The third-order valence-electron chi connectivity index (χ3n) is 5.45. The molecule has 3 aromatic carbocycles. The number of carbonyl (C=O) groups is 1. The number of aliphatic hydroxyl groups excluding tert-OH is 2. The van der Waals surface area contributed by atoms with Crippen LogP contribution in [0.5, 0.6) is 0 Å². The van der Waals surface area contributed by atoms with E-state index in [0.717, 1.165) is 24.0 Å². The van der Waals surface area contributed by atoms with Crippen molar-refractivity contribution >= 4 is 5.97 Å². The third kappa shape index (κ3) is 7.35. The molecule has 4 heteroatoms. The molecule has 0 radical (unpaired) electrons. The minimum atomic E-state index is -0.957. The summed E-state index contributed by atoms with van der Waals surface area (Å²) >= 11 is 0. The number of carbonyl (C=O) groups excluding carboxylic acids is 1. The first-order valence-corrected chi connectivity index (χ1v) is 10.8. The fourth-order valence-corrected chi connectivity index (χ4v) is 3.58. The van der Waals surface area contributed by atoms with E-state index in [1.54, 1.807) is 0 Å². The second-order valence-electron chi connectivity index (χ2n) is 7.79. The fraction of sp³-hybridized carbons (Fsp3) is 0.296. The molecule has 0 fully saturated rings. The van der Waals surface area contributed by atoms with Gasteiger partial charge in [0.2, 0.25) is 0 Å². The number of aryl methyl sites for hydroxylation is 3. The SMILES string of the molecule is O=C(OCc1ccccc1)[C@H](CO)[C@H](O)CCc1cccc(CCc2ccccc2)c1. The molecule has 0 spiro atoms. The van der Waals surface area contributed by atoms with E-state index in [1.807, 2.05) is 48.5 Å². The Morgan fingerprint density at radius 2 is 1.29 bits per heavy atom. The molecule has 0 aliphatic carbocycles. The lowest BCUT2D eigenvalue weighted by molar-refractivity contribution is -0.156. The summed E-state index contributed by atoms with van der Waals surface area (Å²) in [6.07, 6.45) is 1.98. The molecule has 162 valence electrons. The van der Waals surface area contributed by atoms with E-state index in [4.69, 9.17) is 4.74 Å². The van der Waals surface area contributed by atoms with Gasteiger partial charge in [0.15, 0.2) is 0 Å². The van der Waals surface area contributed by atoms with E-state index >= 15 is 0 Å². The molecular weight excluding hydrogens is 388 g/mol. The van der Waals surface area contributed by atoms with Crippen LogP contribution in [-0.2, 0) is 35.4 Å². The van der Waals surface area contributed by atoms with E-state index in [2.05, 4.69) is 36.4 Å². The molecular formula is C27H30O4. The Bertz CT molecular complexity index is 924. The zero-order valence-electron chi connectivity index (χ0n) is 17.7. The van der Waals surface area contributed by atoms with Crippen LogP contribution in [-0.4, -0.2) is 28.9 Å². The molecule has 2 N–H and O–H groups in total. The quantitative estimate of drug-likeness (QED) is 0.460. The average Bonchev–Trinajstić information content (AvgIpc) is 2.82. The molecule has 0 aromatic heterocycles. The fourth-order valence-electron chi connectivity index (χ4n) is 3.58. The van der Waals surface area contributed by atoms with E-state index in [1.165, 1.54) is 11.1 Å². The summed E-state index contributed by atoms with van der Waals surface area (Å²) in [5.74, 6) is -1.51. The van der Waals surface area contributed by atoms with Crippen molar-refractivity contribution in [2.75, 3.05) is 6.61 Å². The van der Waals surface area contributed by atoms with Crippen LogP contribution in [0.15, 0.2) is 84.9 Å². The predicted molar refractivity (Wildman–Crippen MR) is 121 cm³/mol. The number of ether oxygens (including phenoxy) is 1. The Kier molecular flexibility index (Phi) is 8.83. The number of rotatable bonds is 11. The van der Waals surface area contributed by atoms with Crippen molar-refractivity contribution in [3.8, 4) is 0 Å². The molecule has 0 unspecified atom stereocenters. The van der Waals surface area contributed by atoms with Crippen molar-refractivity contribution in [2.45, 2.75) is 38.4 Å². The average molecular weight is 419 g/mol. The summed E-state index contributed by atoms with van der Waals surface area (Å²) in [6.45, 7) is -0.307. The van der Waals surface area contributed by atoms with E-state index in [0.29, 0.717) is 12.8 Å². The van der Waals surface area contributed by atoms with Gasteiger partial charge in [-0.2, -0.15) is 0 Å². The van der Waals surface area contributed by atoms with Gasteiger partial charge in [-0.3, -0.25) is 4.79 Å². The molecule has 0 heterocycles. The lowest BCUT2D eigenvalue weighted by Crippen LogP contribution is -2.33. The van der Waals surface area contributed by atoms with Gasteiger partial charge in [0, 0.05) is 0 Å². The van der Waals surface area contributed by atoms with Crippen molar-refractivity contribution in [2.24, 2.45) is 5.92 Å². The van der Waals surface area contributed by atoms with Gasteiger partial charge in [0.05, 0.1) is 12.7 Å². The first-order valence-electron chi connectivity index (χ1n) is 10.8. The third-order valence-corrected chi connectivity index (χ3v) is 5.45. The van der Waals surface area contributed by atoms with Crippen LogP contribution in [0.1, 0.15) is 28.7 Å². The Morgan fingerprint density at radius 3 is 1.94 bits per heavy atom. The summed E-state index contributed by atoms with van der Waals surface area (Å²) in [6, 6.07) is 28.1. The van der Waals surface area contributed by atoms with Crippen molar-refractivity contribution in [1.29, 1.82) is 0 Å². The lowest BCUT2D eigenvalue weighted by atomic mass is 9.95. The van der Waals surface area contributed by atoms with Gasteiger partial charge < -0.3 is 14.9 Å². The summed E-state index contributed by atoms with van der Waals surface area (Å²) in [5.41, 5.74) is 4.54. The number of aliphatic hydroxyl groups is 2. The Labute approximate surface area is 184 Å². The van der Waals surface area contributed by atoms with Crippen molar-refractivity contribution in [3.63, 3.8) is 0 Å².